The topological polar surface area (TPSA) is 98.0 Å². The highest BCUT2D eigenvalue weighted by molar-refractivity contribution is 5.90. The average Bonchev–Trinajstić information content (AvgIpc) is 2.69. The van der Waals surface area contributed by atoms with Crippen molar-refractivity contribution in [1.82, 2.24) is 0 Å². The normalized spacial score (nSPS) is 27.4. The molecule has 0 fully saturated rings. The molecule has 5 nitrogen and oxygen atoms in total. The van der Waals surface area contributed by atoms with Gasteiger partial charge in [-0.1, -0.05) is 24.3 Å². The lowest BCUT2D eigenvalue weighted by Crippen LogP contribution is -2.25. The van der Waals surface area contributed by atoms with Gasteiger partial charge >= 0.3 is 0 Å². The molecular formula is C15H18O5. The van der Waals surface area contributed by atoms with Crippen LogP contribution in [-0.4, -0.2) is 26.2 Å². The predicted octanol–water partition coefficient (Wildman–Crippen LogP) is 3.14. The zero-order valence-electron chi connectivity index (χ0n) is 11.0. The Bertz CT molecular complexity index is 478. The van der Waals surface area contributed by atoms with E-state index in [4.69, 9.17) is 0 Å². The second kappa shape index (κ2) is 5.86. The number of allylic oxidation sites excluding steroid dienone is 6. The Hall–Kier alpha value is -2.17. The lowest BCUT2D eigenvalue weighted by atomic mass is 9.89. The summed E-state index contributed by atoms with van der Waals surface area (Å²) < 4.78 is 0. The van der Waals surface area contributed by atoms with Crippen molar-refractivity contribution in [2.45, 2.75) is 25.7 Å². The van der Waals surface area contributed by atoms with E-state index in [9.17, 15) is 25.2 Å². The van der Waals surface area contributed by atoms with Gasteiger partial charge in [0.1, 0.15) is 23.0 Å². The van der Waals surface area contributed by atoms with Gasteiger partial charge in [0.15, 0.2) is 5.78 Å². The highest BCUT2D eigenvalue weighted by Crippen LogP contribution is 2.29. The number of aliphatic hydroxyl groups is 4. The van der Waals surface area contributed by atoms with E-state index in [0.717, 1.165) is 0 Å². The van der Waals surface area contributed by atoms with Gasteiger partial charge in [-0.05, 0) is 12.8 Å². The van der Waals surface area contributed by atoms with E-state index in [1.54, 1.807) is 12.2 Å². The Morgan fingerprint density at radius 1 is 0.850 bits per heavy atom. The molecule has 2 atom stereocenters. The minimum atomic E-state index is -1.000. The van der Waals surface area contributed by atoms with E-state index >= 15 is 0 Å². The quantitative estimate of drug-likeness (QED) is 0.582. The molecule has 0 aromatic rings. The third kappa shape index (κ3) is 2.71. The van der Waals surface area contributed by atoms with E-state index in [2.05, 4.69) is 0 Å². The van der Waals surface area contributed by atoms with Crippen molar-refractivity contribution in [3.63, 3.8) is 0 Å². The molecule has 0 heterocycles. The maximum absolute atomic E-state index is 12.5. The van der Waals surface area contributed by atoms with Crippen LogP contribution in [0.5, 0.6) is 0 Å². The Labute approximate surface area is 116 Å². The predicted molar refractivity (Wildman–Crippen MR) is 73.3 cm³/mol. The summed E-state index contributed by atoms with van der Waals surface area (Å²) in [5.74, 6) is -3.66. The van der Waals surface area contributed by atoms with Gasteiger partial charge in [-0.2, -0.15) is 0 Å². The number of hydrogen-bond acceptors (Lipinski definition) is 5. The average molecular weight is 278 g/mol. The number of rotatable bonds is 2. The molecule has 0 saturated carbocycles. The maximum Gasteiger partial charge on any atom is 0.161 e. The molecular weight excluding hydrogens is 260 g/mol. The van der Waals surface area contributed by atoms with Crippen LogP contribution in [0.4, 0.5) is 0 Å². The van der Waals surface area contributed by atoms with Gasteiger partial charge in [0.2, 0.25) is 0 Å². The van der Waals surface area contributed by atoms with Gasteiger partial charge in [0.25, 0.3) is 0 Å². The van der Waals surface area contributed by atoms with E-state index in [1.165, 1.54) is 12.2 Å². The molecule has 0 aromatic carbocycles. The lowest BCUT2D eigenvalue weighted by molar-refractivity contribution is -0.123. The van der Waals surface area contributed by atoms with Crippen LogP contribution in [0.15, 0.2) is 47.3 Å². The van der Waals surface area contributed by atoms with E-state index < -0.39 is 17.6 Å². The van der Waals surface area contributed by atoms with Crippen LogP contribution >= 0.6 is 0 Å². The highest BCUT2D eigenvalue weighted by Gasteiger charge is 2.33. The summed E-state index contributed by atoms with van der Waals surface area (Å²) in [7, 11) is 0. The molecule has 0 bridgehead atoms. The fourth-order valence-corrected chi connectivity index (χ4v) is 2.35. The number of carbonyl (C=O) groups excluding carboxylic acids is 1. The molecule has 2 rings (SSSR count). The third-order valence-electron chi connectivity index (χ3n) is 3.55. The summed E-state index contributed by atoms with van der Waals surface area (Å²) >= 11 is 0. The number of hydrogen-bond donors (Lipinski definition) is 4. The van der Waals surface area contributed by atoms with Crippen LogP contribution in [0.2, 0.25) is 0 Å². The fraction of sp³-hybridized carbons (Fsp3) is 0.400. The third-order valence-corrected chi connectivity index (χ3v) is 3.55. The van der Waals surface area contributed by atoms with Crippen LogP contribution in [0.1, 0.15) is 25.7 Å². The minimum absolute atomic E-state index is 0.210. The Morgan fingerprint density at radius 3 is 1.65 bits per heavy atom. The van der Waals surface area contributed by atoms with E-state index in [1.807, 2.05) is 0 Å². The van der Waals surface area contributed by atoms with Crippen molar-refractivity contribution < 1.29 is 25.2 Å². The summed E-state index contributed by atoms with van der Waals surface area (Å²) in [6, 6.07) is 0. The highest BCUT2D eigenvalue weighted by atomic mass is 16.3. The minimum Gasteiger partial charge on any atom is -0.509 e. The molecule has 0 spiro atoms. The number of aliphatic hydroxyl groups excluding tert-OH is 4. The van der Waals surface area contributed by atoms with Crippen molar-refractivity contribution >= 4 is 5.78 Å². The molecule has 2 aliphatic rings. The molecule has 4 N–H and O–H groups in total. The molecule has 2 unspecified atom stereocenters. The van der Waals surface area contributed by atoms with E-state index in [0.29, 0.717) is 12.8 Å². The van der Waals surface area contributed by atoms with Crippen LogP contribution in [0, 0.1) is 11.8 Å². The maximum atomic E-state index is 12.5. The number of ketones is 1. The second-order valence-electron chi connectivity index (χ2n) is 4.96. The van der Waals surface area contributed by atoms with Crippen LogP contribution in [-0.2, 0) is 4.79 Å². The molecule has 20 heavy (non-hydrogen) atoms. The van der Waals surface area contributed by atoms with Gasteiger partial charge in [0, 0.05) is 12.8 Å². The SMILES string of the molecule is O=C(C1C=CCCC(O)=C1O)C1C=CCCC(O)=C1O. The summed E-state index contributed by atoms with van der Waals surface area (Å²) in [5, 5.41) is 39.1. The van der Waals surface area contributed by atoms with Gasteiger partial charge in [-0.3, -0.25) is 4.79 Å². The van der Waals surface area contributed by atoms with Crippen LogP contribution in [0.3, 0.4) is 0 Å². The molecule has 0 aromatic heterocycles. The van der Waals surface area contributed by atoms with E-state index in [-0.39, 0.29) is 35.9 Å². The van der Waals surface area contributed by atoms with Crippen molar-refractivity contribution in [2.75, 3.05) is 0 Å². The first-order valence-electron chi connectivity index (χ1n) is 6.61. The second-order valence-corrected chi connectivity index (χ2v) is 4.96. The summed E-state index contributed by atoms with van der Waals surface area (Å²) in [4.78, 5) is 12.5. The van der Waals surface area contributed by atoms with Gasteiger partial charge in [-0.25, -0.2) is 0 Å². The first-order chi connectivity index (χ1) is 9.52. The lowest BCUT2D eigenvalue weighted by Gasteiger charge is -2.17. The molecule has 0 saturated heterocycles. The van der Waals surface area contributed by atoms with Crippen molar-refractivity contribution in [3.05, 3.63) is 47.3 Å². The van der Waals surface area contributed by atoms with Gasteiger partial charge in [0.05, 0.1) is 11.8 Å². The molecule has 0 aliphatic heterocycles. The van der Waals surface area contributed by atoms with Gasteiger partial charge < -0.3 is 20.4 Å². The Kier molecular flexibility index (Phi) is 4.17. The Balaban J connectivity index is 2.34. The fourth-order valence-electron chi connectivity index (χ4n) is 2.35. The Morgan fingerprint density at radius 2 is 1.25 bits per heavy atom. The largest absolute Gasteiger partial charge is 0.509 e. The van der Waals surface area contributed by atoms with Gasteiger partial charge in [-0.15, -0.1) is 0 Å². The zero-order valence-corrected chi connectivity index (χ0v) is 11.0. The number of Topliss-reactive ketones (excluding diaryl/α,β-unsaturated/α-hetero) is 1. The van der Waals surface area contributed by atoms with Crippen LogP contribution < -0.4 is 0 Å². The first-order valence-corrected chi connectivity index (χ1v) is 6.61. The summed E-state index contributed by atoms with van der Waals surface area (Å²) in [6.45, 7) is 0. The monoisotopic (exact) mass is 278 g/mol. The van der Waals surface area contributed by atoms with Crippen molar-refractivity contribution in [2.24, 2.45) is 11.8 Å². The first kappa shape index (κ1) is 14.2. The summed E-state index contributed by atoms with van der Waals surface area (Å²) in [6.07, 6.45) is 8.08. The smallest absolute Gasteiger partial charge is 0.161 e. The van der Waals surface area contributed by atoms with Crippen LogP contribution in [0.25, 0.3) is 0 Å². The van der Waals surface area contributed by atoms with Crippen molar-refractivity contribution in [3.8, 4) is 0 Å². The molecule has 5 heteroatoms. The molecule has 0 amide bonds. The molecule has 2 aliphatic carbocycles. The standard InChI is InChI=1S/C15H18O5/c16-11-7-3-1-5-9(14(11)19)13(18)10-6-2-4-8-12(17)15(10)20/h1-2,5-6,9-10,16-17,19-20H,3-4,7-8H2. The summed E-state index contributed by atoms with van der Waals surface area (Å²) in [5.41, 5.74) is 0. The molecule has 0 radical (unpaired) electrons. The molecule has 108 valence electrons. The zero-order chi connectivity index (χ0) is 14.7. The number of carbonyl (C=O) groups is 1. The van der Waals surface area contributed by atoms with Crippen molar-refractivity contribution in [1.29, 1.82) is 0 Å².